The normalized spacial score (nSPS) is 10.3. The Bertz CT molecular complexity index is 862. The van der Waals surface area contributed by atoms with Gasteiger partial charge in [0.2, 0.25) is 0 Å². The van der Waals surface area contributed by atoms with Gasteiger partial charge < -0.3 is 15.2 Å². The van der Waals surface area contributed by atoms with Gasteiger partial charge in [-0.1, -0.05) is 30.3 Å². The standard InChI is InChI=1S/C20H18N2O3/c1-14-7-12-18(19(21)22-14)20(23)24-13-15-8-10-17(11-9-15)25-16-5-3-2-4-6-16/h2-12H,13H2,1H3,(H2,21,22). The van der Waals surface area contributed by atoms with Crippen LogP contribution in [-0.2, 0) is 11.3 Å². The van der Waals surface area contributed by atoms with Gasteiger partial charge in [0.1, 0.15) is 29.5 Å². The van der Waals surface area contributed by atoms with Gasteiger partial charge in [0.15, 0.2) is 0 Å². The number of nitrogens with two attached hydrogens (primary N) is 1. The number of anilines is 1. The van der Waals surface area contributed by atoms with Crippen LogP contribution in [0.3, 0.4) is 0 Å². The number of hydrogen-bond donors (Lipinski definition) is 1. The summed E-state index contributed by atoms with van der Waals surface area (Å²) in [5, 5.41) is 0. The molecule has 2 N–H and O–H groups in total. The number of carbonyl (C=O) groups excluding carboxylic acids is 1. The number of pyridine rings is 1. The van der Waals surface area contributed by atoms with Crippen molar-refractivity contribution in [3.63, 3.8) is 0 Å². The highest BCUT2D eigenvalue weighted by atomic mass is 16.5. The van der Waals surface area contributed by atoms with Crippen LogP contribution in [0.15, 0.2) is 66.7 Å². The highest BCUT2D eigenvalue weighted by Crippen LogP contribution is 2.21. The molecular weight excluding hydrogens is 316 g/mol. The predicted octanol–water partition coefficient (Wildman–Crippen LogP) is 4.12. The van der Waals surface area contributed by atoms with Gasteiger partial charge in [0, 0.05) is 5.69 Å². The van der Waals surface area contributed by atoms with E-state index >= 15 is 0 Å². The molecule has 1 aromatic heterocycles. The Balaban J connectivity index is 1.59. The van der Waals surface area contributed by atoms with Crippen LogP contribution < -0.4 is 10.5 Å². The number of ether oxygens (including phenoxy) is 2. The monoisotopic (exact) mass is 334 g/mol. The first-order chi connectivity index (χ1) is 12.1. The van der Waals surface area contributed by atoms with E-state index in [1.807, 2.05) is 61.5 Å². The van der Waals surface area contributed by atoms with E-state index in [0.717, 1.165) is 17.0 Å². The van der Waals surface area contributed by atoms with Crippen molar-refractivity contribution in [2.24, 2.45) is 0 Å². The zero-order valence-corrected chi connectivity index (χ0v) is 13.8. The second-order valence-electron chi connectivity index (χ2n) is 5.52. The van der Waals surface area contributed by atoms with Gasteiger partial charge in [-0.05, 0) is 48.9 Å². The number of para-hydroxylation sites is 1. The third-order valence-corrected chi connectivity index (χ3v) is 3.56. The van der Waals surface area contributed by atoms with Crippen LogP contribution in [0.4, 0.5) is 5.82 Å². The molecule has 0 unspecified atom stereocenters. The molecule has 1 heterocycles. The Morgan fingerprint density at radius 3 is 2.32 bits per heavy atom. The summed E-state index contributed by atoms with van der Waals surface area (Å²) in [5.41, 5.74) is 7.64. The summed E-state index contributed by atoms with van der Waals surface area (Å²) >= 11 is 0. The molecule has 0 fully saturated rings. The van der Waals surface area contributed by atoms with E-state index in [9.17, 15) is 4.79 Å². The van der Waals surface area contributed by atoms with E-state index in [-0.39, 0.29) is 18.0 Å². The topological polar surface area (TPSA) is 74.4 Å². The average molecular weight is 334 g/mol. The molecule has 0 radical (unpaired) electrons. The lowest BCUT2D eigenvalue weighted by Crippen LogP contribution is -2.10. The van der Waals surface area contributed by atoms with Gasteiger partial charge in [0.05, 0.1) is 0 Å². The molecule has 25 heavy (non-hydrogen) atoms. The summed E-state index contributed by atoms with van der Waals surface area (Å²) in [6.45, 7) is 1.96. The van der Waals surface area contributed by atoms with E-state index < -0.39 is 5.97 Å². The lowest BCUT2D eigenvalue weighted by atomic mass is 10.2. The van der Waals surface area contributed by atoms with E-state index in [1.54, 1.807) is 12.1 Å². The van der Waals surface area contributed by atoms with Gasteiger partial charge in [-0.25, -0.2) is 9.78 Å². The number of esters is 1. The van der Waals surface area contributed by atoms with Crippen molar-refractivity contribution in [3.05, 3.63) is 83.6 Å². The van der Waals surface area contributed by atoms with E-state index in [2.05, 4.69) is 4.98 Å². The molecule has 0 aliphatic heterocycles. The Labute approximate surface area is 146 Å². The van der Waals surface area contributed by atoms with Crippen LogP contribution in [0, 0.1) is 6.92 Å². The number of nitrogen functional groups attached to an aromatic ring is 1. The predicted molar refractivity (Wildman–Crippen MR) is 95.5 cm³/mol. The maximum atomic E-state index is 12.1. The first kappa shape index (κ1) is 16.5. The number of carbonyl (C=O) groups is 1. The van der Waals surface area contributed by atoms with Crippen LogP contribution in [-0.4, -0.2) is 11.0 Å². The first-order valence-electron chi connectivity index (χ1n) is 7.84. The first-order valence-corrected chi connectivity index (χ1v) is 7.84. The molecule has 5 heteroatoms. The zero-order chi connectivity index (χ0) is 17.6. The summed E-state index contributed by atoms with van der Waals surface area (Å²) in [4.78, 5) is 16.2. The molecule has 0 bridgehead atoms. The number of nitrogens with zero attached hydrogens (tertiary/aromatic N) is 1. The zero-order valence-electron chi connectivity index (χ0n) is 13.8. The number of benzene rings is 2. The van der Waals surface area contributed by atoms with Crippen molar-refractivity contribution in [1.82, 2.24) is 4.98 Å². The summed E-state index contributed by atoms with van der Waals surface area (Å²) in [6.07, 6.45) is 0. The molecule has 0 saturated heterocycles. The quantitative estimate of drug-likeness (QED) is 0.710. The average Bonchev–Trinajstić information content (AvgIpc) is 2.62. The molecule has 0 aliphatic rings. The summed E-state index contributed by atoms with van der Waals surface area (Å²) in [7, 11) is 0. The Morgan fingerprint density at radius 2 is 1.64 bits per heavy atom. The number of aryl methyl sites for hydroxylation is 1. The lowest BCUT2D eigenvalue weighted by Gasteiger charge is -2.08. The van der Waals surface area contributed by atoms with Crippen molar-refractivity contribution >= 4 is 11.8 Å². The molecule has 0 saturated carbocycles. The highest BCUT2D eigenvalue weighted by molar-refractivity contribution is 5.94. The second-order valence-corrected chi connectivity index (χ2v) is 5.52. The van der Waals surface area contributed by atoms with Gasteiger partial charge in [0.25, 0.3) is 0 Å². The minimum absolute atomic E-state index is 0.151. The molecule has 0 aliphatic carbocycles. The Hall–Kier alpha value is -3.34. The highest BCUT2D eigenvalue weighted by Gasteiger charge is 2.12. The van der Waals surface area contributed by atoms with Crippen molar-refractivity contribution in [1.29, 1.82) is 0 Å². The van der Waals surface area contributed by atoms with Crippen LogP contribution in [0.2, 0.25) is 0 Å². The summed E-state index contributed by atoms with van der Waals surface area (Å²) in [6, 6.07) is 20.2. The van der Waals surface area contributed by atoms with Gasteiger partial charge in [-0.3, -0.25) is 0 Å². The van der Waals surface area contributed by atoms with Crippen LogP contribution in [0.5, 0.6) is 11.5 Å². The largest absolute Gasteiger partial charge is 0.457 e. The second kappa shape index (κ2) is 7.49. The SMILES string of the molecule is Cc1ccc(C(=O)OCc2ccc(Oc3ccccc3)cc2)c(N)n1. The number of hydrogen-bond acceptors (Lipinski definition) is 5. The molecular formula is C20H18N2O3. The third-order valence-electron chi connectivity index (χ3n) is 3.56. The molecule has 0 atom stereocenters. The minimum Gasteiger partial charge on any atom is -0.457 e. The number of rotatable bonds is 5. The number of aromatic nitrogens is 1. The Morgan fingerprint density at radius 1 is 0.960 bits per heavy atom. The van der Waals surface area contributed by atoms with Crippen LogP contribution in [0.1, 0.15) is 21.6 Å². The van der Waals surface area contributed by atoms with E-state index in [1.165, 1.54) is 0 Å². The van der Waals surface area contributed by atoms with E-state index in [4.69, 9.17) is 15.2 Å². The fraction of sp³-hybridized carbons (Fsp3) is 0.100. The molecule has 2 aromatic carbocycles. The van der Waals surface area contributed by atoms with Crippen molar-refractivity contribution in [3.8, 4) is 11.5 Å². The molecule has 0 amide bonds. The molecule has 3 aromatic rings. The summed E-state index contributed by atoms with van der Waals surface area (Å²) < 4.78 is 11.0. The minimum atomic E-state index is -0.491. The van der Waals surface area contributed by atoms with Gasteiger partial charge >= 0.3 is 5.97 Å². The summed E-state index contributed by atoms with van der Waals surface area (Å²) in [5.74, 6) is 1.17. The molecule has 5 nitrogen and oxygen atoms in total. The molecule has 0 spiro atoms. The van der Waals surface area contributed by atoms with Crippen molar-refractivity contribution < 1.29 is 14.3 Å². The smallest absolute Gasteiger partial charge is 0.342 e. The fourth-order valence-electron chi connectivity index (χ4n) is 2.25. The Kier molecular flexibility index (Phi) is 4.95. The van der Waals surface area contributed by atoms with Gasteiger partial charge in [-0.15, -0.1) is 0 Å². The molecule has 3 rings (SSSR count). The third kappa shape index (κ3) is 4.35. The van der Waals surface area contributed by atoms with Crippen LogP contribution >= 0.6 is 0 Å². The van der Waals surface area contributed by atoms with Crippen molar-refractivity contribution in [2.75, 3.05) is 5.73 Å². The maximum Gasteiger partial charge on any atom is 0.342 e. The van der Waals surface area contributed by atoms with Crippen molar-refractivity contribution in [2.45, 2.75) is 13.5 Å². The van der Waals surface area contributed by atoms with Gasteiger partial charge in [-0.2, -0.15) is 0 Å². The molecule has 126 valence electrons. The maximum absolute atomic E-state index is 12.1. The van der Waals surface area contributed by atoms with Crippen LogP contribution in [0.25, 0.3) is 0 Å². The fourth-order valence-corrected chi connectivity index (χ4v) is 2.25. The van der Waals surface area contributed by atoms with E-state index in [0.29, 0.717) is 5.75 Å². The lowest BCUT2D eigenvalue weighted by molar-refractivity contribution is 0.0473.